The van der Waals surface area contributed by atoms with Crippen molar-refractivity contribution in [2.45, 2.75) is 38.1 Å². The maximum atomic E-state index is 5.90. The molecule has 2 aromatic rings. The highest BCUT2D eigenvalue weighted by molar-refractivity contribution is 5.77. The summed E-state index contributed by atoms with van der Waals surface area (Å²) in [5, 5.41) is 4.79. The van der Waals surface area contributed by atoms with Crippen molar-refractivity contribution >= 4 is 11.0 Å². The van der Waals surface area contributed by atoms with Crippen molar-refractivity contribution in [2.75, 3.05) is 6.54 Å². The lowest BCUT2D eigenvalue weighted by Gasteiger charge is -2.34. The van der Waals surface area contributed by atoms with Gasteiger partial charge in [-0.2, -0.15) is 0 Å². The maximum Gasteiger partial charge on any atom is 0.134 e. The zero-order valence-corrected chi connectivity index (χ0v) is 10.3. The third-order valence-corrected chi connectivity index (χ3v) is 3.67. The molecular formula is C15H19NO. The van der Waals surface area contributed by atoms with Gasteiger partial charge < -0.3 is 9.73 Å². The van der Waals surface area contributed by atoms with Crippen LogP contribution in [0.1, 0.15) is 37.9 Å². The topological polar surface area (TPSA) is 25.2 Å². The van der Waals surface area contributed by atoms with Crippen LogP contribution in [0.25, 0.3) is 11.0 Å². The molecule has 0 bridgehead atoms. The Balaban J connectivity index is 1.66. The van der Waals surface area contributed by atoms with E-state index in [9.17, 15) is 0 Å². The minimum atomic E-state index is 0.622. The van der Waals surface area contributed by atoms with Gasteiger partial charge in [0.2, 0.25) is 0 Å². The first-order chi connectivity index (χ1) is 8.36. The molecule has 2 heteroatoms. The van der Waals surface area contributed by atoms with Gasteiger partial charge in [-0.05, 0) is 37.9 Å². The number of furan rings is 1. The molecule has 0 atom stereocenters. The van der Waals surface area contributed by atoms with Gasteiger partial charge in [0.05, 0.1) is 0 Å². The Kier molecular flexibility index (Phi) is 2.89. The lowest BCUT2D eigenvalue weighted by Crippen LogP contribution is -2.40. The van der Waals surface area contributed by atoms with E-state index in [0.717, 1.165) is 12.1 Å². The molecule has 90 valence electrons. The van der Waals surface area contributed by atoms with E-state index >= 15 is 0 Å². The van der Waals surface area contributed by atoms with E-state index < -0.39 is 0 Å². The summed E-state index contributed by atoms with van der Waals surface area (Å²) in [5.41, 5.74) is 1.02. The van der Waals surface area contributed by atoms with Gasteiger partial charge in [0.1, 0.15) is 11.3 Å². The summed E-state index contributed by atoms with van der Waals surface area (Å²) in [4.78, 5) is 0. The number of benzene rings is 1. The van der Waals surface area contributed by atoms with E-state index in [-0.39, 0.29) is 0 Å². The molecule has 0 aliphatic heterocycles. The molecule has 1 saturated carbocycles. The van der Waals surface area contributed by atoms with Crippen LogP contribution in [0.5, 0.6) is 0 Å². The average molecular weight is 229 g/mol. The van der Waals surface area contributed by atoms with Crippen LogP contribution < -0.4 is 5.32 Å². The molecule has 1 aliphatic carbocycles. The molecule has 0 radical (unpaired) electrons. The predicted octanol–water partition coefficient (Wildman–Crippen LogP) is 3.68. The highest BCUT2D eigenvalue weighted by atomic mass is 16.3. The first-order valence-electron chi connectivity index (χ1n) is 6.58. The number of nitrogens with one attached hydrogen (secondary N) is 1. The van der Waals surface area contributed by atoms with Crippen LogP contribution in [-0.4, -0.2) is 12.6 Å². The largest absolute Gasteiger partial charge is 0.461 e. The summed E-state index contributed by atoms with van der Waals surface area (Å²) < 4.78 is 5.90. The van der Waals surface area contributed by atoms with E-state index in [1.54, 1.807) is 0 Å². The van der Waals surface area contributed by atoms with Crippen LogP contribution >= 0.6 is 0 Å². The van der Waals surface area contributed by atoms with E-state index in [0.29, 0.717) is 12.0 Å². The average Bonchev–Trinajstić information content (AvgIpc) is 2.70. The van der Waals surface area contributed by atoms with Crippen LogP contribution in [-0.2, 0) is 0 Å². The molecule has 0 spiro atoms. The predicted molar refractivity (Wildman–Crippen MR) is 70.3 cm³/mol. The summed E-state index contributed by atoms with van der Waals surface area (Å²) in [6, 6.07) is 11.2. The Morgan fingerprint density at radius 3 is 2.88 bits per heavy atom. The minimum absolute atomic E-state index is 0.622. The fourth-order valence-electron chi connectivity index (χ4n) is 2.57. The molecule has 3 rings (SSSR count). The van der Waals surface area contributed by atoms with Gasteiger partial charge in [0, 0.05) is 17.3 Å². The summed E-state index contributed by atoms with van der Waals surface area (Å²) in [6.45, 7) is 3.35. The normalized spacial score (nSPS) is 23.8. The third kappa shape index (κ3) is 2.09. The second-order valence-corrected chi connectivity index (χ2v) is 5.01. The Hall–Kier alpha value is -1.28. The summed E-state index contributed by atoms with van der Waals surface area (Å²) >= 11 is 0. The first-order valence-corrected chi connectivity index (χ1v) is 6.58. The molecule has 2 nitrogen and oxygen atoms in total. The number of hydrogen-bond acceptors (Lipinski definition) is 2. The number of hydrogen-bond donors (Lipinski definition) is 1. The third-order valence-electron chi connectivity index (χ3n) is 3.67. The fourth-order valence-corrected chi connectivity index (χ4v) is 2.57. The molecule has 1 N–H and O–H groups in total. The molecular weight excluding hydrogens is 210 g/mol. The zero-order chi connectivity index (χ0) is 11.7. The summed E-state index contributed by atoms with van der Waals surface area (Å²) in [6.07, 6.45) is 3.66. The number of para-hydroxylation sites is 1. The molecule has 0 amide bonds. The van der Waals surface area contributed by atoms with Gasteiger partial charge in [-0.15, -0.1) is 0 Å². The summed E-state index contributed by atoms with van der Waals surface area (Å²) in [7, 11) is 0. The Morgan fingerprint density at radius 2 is 2.12 bits per heavy atom. The minimum Gasteiger partial charge on any atom is -0.461 e. The van der Waals surface area contributed by atoms with Crippen molar-refractivity contribution in [1.82, 2.24) is 5.32 Å². The monoisotopic (exact) mass is 229 g/mol. The molecule has 0 unspecified atom stereocenters. The Bertz CT molecular complexity index is 463. The van der Waals surface area contributed by atoms with Gasteiger partial charge in [0.15, 0.2) is 0 Å². The van der Waals surface area contributed by atoms with Crippen molar-refractivity contribution in [3.8, 4) is 0 Å². The quantitative estimate of drug-likeness (QED) is 0.865. The summed E-state index contributed by atoms with van der Waals surface area (Å²) in [5.74, 6) is 1.79. The molecule has 1 fully saturated rings. The Labute approximate surface area is 102 Å². The lowest BCUT2D eigenvalue weighted by atomic mass is 9.78. The fraction of sp³-hybridized carbons (Fsp3) is 0.467. The van der Waals surface area contributed by atoms with Crippen molar-refractivity contribution < 1.29 is 4.42 Å². The second kappa shape index (κ2) is 4.53. The Morgan fingerprint density at radius 1 is 1.29 bits per heavy atom. The van der Waals surface area contributed by atoms with Crippen LogP contribution in [0.15, 0.2) is 34.7 Å². The molecule has 0 saturated heterocycles. The zero-order valence-electron chi connectivity index (χ0n) is 10.3. The van der Waals surface area contributed by atoms with Gasteiger partial charge in [0.25, 0.3) is 0 Å². The maximum absolute atomic E-state index is 5.90. The molecule has 1 aromatic carbocycles. The highest BCUT2D eigenvalue weighted by Crippen LogP contribution is 2.39. The van der Waals surface area contributed by atoms with Crippen molar-refractivity contribution in [2.24, 2.45) is 0 Å². The van der Waals surface area contributed by atoms with Gasteiger partial charge >= 0.3 is 0 Å². The number of rotatable bonds is 4. The standard InChI is InChI=1S/C15H19NO/c1-2-7-16-13-8-12(9-13)15-10-11-5-3-4-6-14(11)17-15/h3-6,10,12-13,16H,2,7-9H2,1H3. The van der Waals surface area contributed by atoms with Crippen LogP contribution in [0.4, 0.5) is 0 Å². The SMILES string of the molecule is CCCNC1CC(c2cc3ccccc3o2)C1. The van der Waals surface area contributed by atoms with Gasteiger partial charge in [-0.1, -0.05) is 25.1 Å². The van der Waals surface area contributed by atoms with E-state index in [2.05, 4.69) is 30.4 Å². The van der Waals surface area contributed by atoms with Crippen molar-refractivity contribution in [1.29, 1.82) is 0 Å². The number of fused-ring (bicyclic) bond motifs is 1. The highest BCUT2D eigenvalue weighted by Gasteiger charge is 2.31. The first kappa shape index (κ1) is 10.8. The van der Waals surface area contributed by atoms with Crippen molar-refractivity contribution in [3.05, 3.63) is 36.1 Å². The second-order valence-electron chi connectivity index (χ2n) is 5.01. The van der Waals surface area contributed by atoms with Crippen LogP contribution in [0.2, 0.25) is 0 Å². The smallest absolute Gasteiger partial charge is 0.134 e. The molecule has 1 aromatic heterocycles. The van der Waals surface area contributed by atoms with E-state index in [1.807, 2.05) is 12.1 Å². The molecule has 1 aliphatic rings. The van der Waals surface area contributed by atoms with Gasteiger partial charge in [-0.25, -0.2) is 0 Å². The van der Waals surface area contributed by atoms with E-state index in [4.69, 9.17) is 4.42 Å². The lowest BCUT2D eigenvalue weighted by molar-refractivity contribution is 0.263. The van der Waals surface area contributed by atoms with Crippen LogP contribution in [0.3, 0.4) is 0 Å². The van der Waals surface area contributed by atoms with Gasteiger partial charge in [-0.3, -0.25) is 0 Å². The molecule has 17 heavy (non-hydrogen) atoms. The van der Waals surface area contributed by atoms with Crippen LogP contribution in [0, 0.1) is 0 Å². The van der Waals surface area contributed by atoms with E-state index in [1.165, 1.54) is 30.4 Å². The van der Waals surface area contributed by atoms with Crippen molar-refractivity contribution in [3.63, 3.8) is 0 Å². The molecule has 1 heterocycles.